The zero-order chi connectivity index (χ0) is 18.9. The van der Waals surface area contributed by atoms with Gasteiger partial charge in [-0.15, -0.1) is 0 Å². The van der Waals surface area contributed by atoms with E-state index in [9.17, 15) is 9.59 Å². The predicted molar refractivity (Wildman–Crippen MR) is 104 cm³/mol. The van der Waals surface area contributed by atoms with Gasteiger partial charge in [-0.1, -0.05) is 18.2 Å². The maximum absolute atomic E-state index is 13.5. The van der Waals surface area contributed by atoms with Gasteiger partial charge in [0.2, 0.25) is 0 Å². The fourth-order valence-corrected chi connectivity index (χ4v) is 7.52. The van der Waals surface area contributed by atoms with Crippen LogP contribution in [0.25, 0.3) is 0 Å². The first-order valence-corrected chi connectivity index (χ1v) is 10.9. The van der Waals surface area contributed by atoms with Crippen molar-refractivity contribution in [3.05, 3.63) is 29.8 Å². The van der Waals surface area contributed by atoms with Gasteiger partial charge in [0.15, 0.2) is 5.54 Å². The SMILES string of the molecule is O=C1NC2(CCOc3ccccc32)C(=O)N1CCC12CC3CC(CC(C3)C1)C2. The van der Waals surface area contributed by atoms with Crippen molar-refractivity contribution in [3.63, 3.8) is 0 Å². The molecule has 1 N–H and O–H groups in total. The average Bonchev–Trinajstić information content (AvgIpc) is 2.90. The molecule has 5 nitrogen and oxygen atoms in total. The molecule has 0 aromatic heterocycles. The molecule has 1 spiro atoms. The van der Waals surface area contributed by atoms with Gasteiger partial charge in [0.25, 0.3) is 5.91 Å². The second-order valence-corrected chi connectivity index (χ2v) is 10.1. The van der Waals surface area contributed by atoms with Gasteiger partial charge in [-0.3, -0.25) is 9.69 Å². The summed E-state index contributed by atoms with van der Waals surface area (Å²) in [7, 11) is 0. The van der Waals surface area contributed by atoms with Crippen molar-refractivity contribution in [3.8, 4) is 5.75 Å². The number of para-hydroxylation sites is 1. The Bertz CT molecular complexity index is 815. The number of urea groups is 1. The van der Waals surface area contributed by atoms with E-state index in [4.69, 9.17) is 4.74 Å². The Balaban J connectivity index is 1.24. The Morgan fingerprint density at radius 3 is 2.43 bits per heavy atom. The van der Waals surface area contributed by atoms with E-state index in [1.165, 1.54) is 43.4 Å². The van der Waals surface area contributed by atoms with Gasteiger partial charge in [-0.05, 0) is 74.2 Å². The van der Waals surface area contributed by atoms with Crippen molar-refractivity contribution in [1.29, 1.82) is 0 Å². The lowest BCUT2D eigenvalue weighted by Crippen LogP contribution is -2.49. The molecule has 3 amide bonds. The lowest BCUT2D eigenvalue weighted by Gasteiger charge is -2.57. The maximum atomic E-state index is 13.5. The van der Waals surface area contributed by atoms with Crippen molar-refractivity contribution >= 4 is 11.9 Å². The molecule has 4 saturated carbocycles. The second-order valence-electron chi connectivity index (χ2n) is 10.1. The number of hydrogen-bond donors (Lipinski definition) is 1. The van der Waals surface area contributed by atoms with Crippen molar-refractivity contribution < 1.29 is 14.3 Å². The van der Waals surface area contributed by atoms with Gasteiger partial charge in [0.1, 0.15) is 5.75 Å². The highest BCUT2D eigenvalue weighted by atomic mass is 16.5. The van der Waals surface area contributed by atoms with E-state index in [1.807, 2.05) is 24.3 Å². The van der Waals surface area contributed by atoms with Crippen molar-refractivity contribution in [2.45, 2.75) is 56.9 Å². The smallest absolute Gasteiger partial charge is 0.325 e. The van der Waals surface area contributed by atoms with Gasteiger partial charge < -0.3 is 10.1 Å². The van der Waals surface area contributed by atoms with Gasteiger partial charge in [-0.25, -0.2) is 4.79 Å². The van der Waals surface area contributed by atoms with Crippen LogP contribution in [0.15, 0.2) is 24.3 Å². The number of imide groups is 1. The van der Waals surface area contributed by atoms with Crippen LogP contribution in [0.5, 0.6) is 5.75 Å². The van der Waals surface area contributed by atoms with Crippen LogP contribution in [0.2, 0.25) is 0 Å². The topological polar surface area (TPSA) is 58.6 Å². The number of hydrogen-bond acceptors (Lipinski definition) is 3. The highest BCUT2D eigenvalue weighted by molar-refractivity contribution is 6.07. The molecular formula is C23H28N2O3. The molecule has 5 fully saturated rings. The molecule has 28 heavy (non-hydrogen) atoms. The zero-order valence-electron chi connectivity index (χ0n) is 16.3. The number of benzene rings is 1. The van der Waals surface area contributed by atoms with E-state index in [2.05, 4.69) is 5.32 Å². The molecular weight excluding hydrogens is 352 g/mol. The third kappa shape index (κ3) is 2.31. The maximum Gasteiger partial charge on any atom is 0.325 e. The van der Waals surface area contributed by atoms with E-state index >= 15 is 0 Å². The number of rotatable bonds is 3. The second kappa shape index (κ2) is 5.74. The van der Waals surface area contributed by atoms with Crippen molar-refractivity contribution in [2.24, 2.45) is 23.2 Å². The summed E-state index contributed by atoms with van der Waals surface area (Å²) >= 11 is 0. The van der Waals surface area contributed by atoms with Crippen LogP contribution in [0, 0.1) is 23.2 Å². The number of carbonyl (C=O) groups excluding carboxylic acids is 2. The monoisotopic (exact) mass is 380 g/mol. The molecule has 0 radical (unpaired) electrons. The van der Waals surface area contributed by atoms with Gasteiger partial charge in [0.05, 0.1) is 6.61 Å². The molecule has 4 bridgehead atoms. The molecule has 2 heterocycles. The van der Waals surface area contributed by atoms with Crippen molar-refractivity contribution in [2.75, 3.05) is 13.2 Å². The third-order valence-corrected chi connectivity index (χ3v) is 8.29. The molecule has 1 unspecified atom stereocenters. The average molecular weight is 380 g/mol. The first kappa shape index (κ1) is 16.9. The van der Waals surface area contributed by atoms with Gasteiger partial charge in [0, 0.05) is 18.5 Å². The molecule has 148 valence electrons. The van der Waals surface area contributed by atoms with Crippen LogP contribution in [0.3, 0.4) is 0 Å². The zero-order valence-corrected chi connectivity index (χ0v) is 16.3. The van der Waals surface area contributed by atoms with E-state index in [0.29, 0.717) is 30.7 Å². The number of amides is 3. The molecule has 6 aliphatic rings. The number of ether oxygens (including phenoxy) is 1. The van der Waals surface area contributed by atoms with Crippen LogP contribution in [-0.2, 0) is 10.3 Å². The van der Waals surface area contributed by atoms with Crippen LogP contribution >= 0.6 is 0 Å². The standard InChI is InChI=1S/C23H28N2O3/c26-20-23(6-8-28-19-4-2-1-3-18(19)23)24-21(27)25(20)7-5-22-12-15-9-16(13-22)11-17(10-15)14-22/h1-4,15-17H,5-14H2,(H,24,27). The Morgan fingerprint density at radius 2 is 1.71 bits per heavy atom. The summed E-state index contributed by atoms with van der Waals surface area (Å²) in [6, 6.07) is 7.38. The Labute approximate surface area is 165 Å². The Morgan fingerprint density at radius 1 is 1.04 bits per heavy atom. The van der Waals surface area contributed by atoms with Gasteiger partial charge >= 0.3 is 6.03 Å². The Hall–Kier alpha value is -2.04. The summed E-state index contributed by atoms with van der Waals surface area (Å²) in [4.78, 5) is 27.8. The van der Waals surface area contributed by atoms with E-state index < -0.39 is 5.54 Å². The Kier molecular flexibility index (Phi) is 3.46. The molecule has 4 aliphatic carbocycles. The largest absolute Gasteiger partial charge is 0.493 e. The number of nitrogens with one attached hydrogen (secondary N) is 1. The minimum Gasteiger partial charge on any atom is -0.493 e. The van der Waals surface area contributed by atoms with Gasteiger partial charge in [-0.2, -0.15) is 0 Å². The number of nitrogens with zero attached hydrogens (tertiary/aromatic N) is 1. The summed E-state index contributed by atoms with van der Waals surface area (Å²) in [6.45, 7) is 1.01. The first-order valence-electron chi connectivity index (χ1n) is 10.9. The lowest BCUT2D eigenvalue weighted by atomic mass is 9.49. The van der Waals surface area contributed by atoms with Crippen LogP contribution in [0.4, 0.5) is 4.79 Å². The third-order valence-electron chi connectivity index (χ3n) is 8.29. The molecule has 2 aliphatic heterocycles. The fraction of sp³-hybridized carbons (Fsp3) is 0.652. The fourth-order valence-electron chi connectivity index (χ4n) is 7.52. The summed E-state index contributed by atoms with van der Waals surface area (Å²) in [6.07, 6.45) is 9.67. The molecule has 7 rings (SSSR count). The minimum atomic E-state index is -0.937. The summed E-state index contributed by atoms with van der Waals surface area (Å²) in [5.41, 5.74) is 0.239. The van der Waals surface area contributed by atoms with E-state index in [-0.39, 0.29) is 11.9 Å². The minimum absolute atomic E-state index is 0.0852. The van der Waals surface area contributed by atoms with Crippen LogP contribution < -0.4 is 10.1 Å². The highest BCUT2D eigenvalue weighted by Gasteiger charge is 2.56. The predicted octanol–water partition coefficient (Wildman–Crippen LogP) is 3.82. The van der Waals surface area contributed by atoms with Crippen molar-refractivity contribution in [1.82, 2.24) is 10.2 Å². The van der Waals surface area contributed by atoms with Crippen LogP contribution in [-0.4, -0.2) is 30.0 Å². The molecule has 1 saturated heterocycles. The summed E-state index contributed by atoms with van der Waals surface area (Å²) < 4.78 is 5.73. The normalized spacial score (nSPS) is 40.6. The molecule has 1 aromatic carbocycles. The number of carbonyl (C=O) groups is 2. The summed E-state index contributed by atoms with van der Waals surface area (Å²) in [5, 5.41) is 3.04. The molecule has 1 atom stereocenters. The molecule has 5 heteroatoms. The molecule has 1 aromatic rings. The van der Waals surface area contributed by atoms with E-state index in [0.717, 1.165) is 29.7 Å². The van der Waals surface area contributed by atoms with E-state index in [1.54, 1.807) is 0 Å². The summed E-state index contributed by atoms with van der Waals surface area (Å²) in [5.74, 6) is 3.30. The van der Waals surface area contributed by atoms with Crippen LogP contribution in [0.1, 0.15) is 56.9 Å². The number of fused-ring (bicyclic) bond motifs is 2. The lowest BCUT2D eigenvalue weighted by molar-refractivity contribution is -0.133. The quantitative estimate of drug-likeness (QED) is 0.811. The highest BCUT2D eigenvalue weighted by Crippen LogP contribution is 2.61. The first-order chi connectivity index (χ1) is 13.6.